The summed E-state index contributed by atoms with van der Waals surface area (Å²) < 4.78 is 0. The van der Waals surface area contributed by atoms with E-state index in [1.807, 2.05) is 18.2 Å². The molecular weight excluding hydrogens is 262 g/mol. The topological polar surface area (TPSA) is 54.0 Å². The molecule has 0 atom stereocenters. The predicted octanol–water partition coefficient (Wildman–Crippen LogP) is 2.71. The Hall–Kier alpha value is -2.07. The second kappa shape index (κ2) is 6.20. The van der Waals surface area contributed by atoms with E-state index < -0.39 is 0 Å². The molecule has 0 bridgehead atoms. The van der Waals surface area contributed by atoms with Crippen LogP contribution in [0, 0.1) is 0 Å². The fourth-order valence-corrected chi connectivity index (χ4v) is 1.80. The summed E-state index contributed by atoms with van der Waals surface area (Å²) in [6.45, 7) is 0.395. The van der Waals surface area contributed by atoms with Crippen molar-refractivity contribution in [1.82, 2.24) is 10.3 Å². The van der Waals surface area contributed by atoms with Crippen LogP contribution in [0.15, 0.2) is 42.6 Å². The van der Waals surface area contributed by atoms with Gasteiger partial charge in [0, 0.05) is 24.8 Å². The van der Waals surface area contributed by atoms with Crippen molar-refractivity contribution < 1.29 is 4.79 Å². The lowest BCUT2D eigenvalue weighted by molar-refractivity contribution is 0.0950. The van der Waals surface area contributed by atoms with Crippen LogP contribution in [0.1, 0.15) is 15.9 Å². The lowest BCUT2D eigenvalue weighted by Crippen LogP contribution is -2.23. The molecule has 0 radical (unpaired) electrons. The minimum absolute atomic E-state index is 0.171. The maximum Gasteiger partial charge on any atom is 0.253 e. The van der Waals surface area contributed by atoms with E-state index in [-0.39, 0.29) is 5.91 Å². The Labute approximate surface area is 116 Å². The molecule has 0 aliphatic carbocycles. The SMILES string of the molecule is CNc1ccc(C(=O)NCc2ccccc2Cl)cn1. The molecule has 0 saturated heterocycles. The standard InChI is InChI=1S/C14H14ClN3O/c1-16-13-7-6-11(9-17-13)14(19)18-8-10-4-2-3-5-12(10)15/h2-7,9H,8H2,1H3,(H,16,17)(H,18,19). The number of halogens is 1. The molecule has 2 N–H and O–H groups in total. The molecule has 0 saturated carbocycles. The van der Waals surface area contributed by atoms with E-state index in [0.717, 1.165) is 11.4 Å². The van der Waals surface area contributed by atoms with Gasteiger partial charge in [-0.05, 0) is 23.8 Å². The van der Waals surface area contributed by atoms with E-state index in [1.54, 1.807) is 25.2 Å². The number of amides is 1. The van der Waals surface area contributed by atoms with Crippen molar-refractivity contribution in [1.29, 1.82) is 0 Å². The second-order valence-electron chi connectivity index (χ2n) is 3.96. The van der Waals surface area contributed by atoms with Crippen molar-refractivity contribution in [3.05, 3.63) is 58.7 Å². The van der Waals surface area contributed by atoms with Gasteiger partial charge in [0.15, 0.2) is 0 Å². The number of nitrogens with one attached hydrogen (secondary N) is 2. The molecule has 1 aromatic carbocycles. The smallest absolute Gasteiger partial charge is 0.253 e. The number of carbonyl (C=O) groups excluding carboxylic acids is 1. The quantitative estimate of drug-likeness (QED) is 0.902. The van der Waals surface area contributed by atoms with Crippen LogP contribution in [0.25, 0.3) is 0 Å². The number of nitrogens with zero attached hydrogens (tertiary/aromatic N) is 1. The number of rotatable bonds is 4. The molecule has 0 aliphatic rings. The minimum Gasteiger partial charge on any atom is -0.373 e. The number of hydrogen-bond acceptors (Lipinski definition) is 3. The highest BCUT2D eigenvalue weighted by Crippen LogP contribution is 2.14. The molecule has 1 amide bonds. The zero-order chi connectivity index (χ0) is 13.7. The van der Waals surface area contributed by atoms with E-state index >= 15 is 0 Å². The van der Waals surface area contributed by atoms with E-state index in [4.69, 9.17) is 11.6 Å². The Balaban J connectivity index is 1.99. The molecule has 2 rings (SSSR count). The first-order valence-corrected chi connectivity index (χ1v) is 6.24. The summed E-state index contributed by atoms with van der Waals surface area (Å²) in [6, 6.07) is 10.9. The van der Waals surface area contributed by atoms with Crippen LogP contribution < -0.4 is 10.6 Å². The van der Waals surface area contributed by atoms with Gasteiger partial charge >= 0.3 is 0 Å². The summed E-state index contributed by atoms with van der Waals surface area (Å²) in [5.41, 5.74) is 1.41. The average Bonchev–Trinajstić information content (AvgIpc) is 2.46. The van der Waals surface area contributed by atoms with Gasteiger partial charge in [0.25, 0.3) is 5.91 Å². The van der Waals surface area contributed by atoms with Crippen molar-refractivity contribution in [2.24, 2.45) is 0 Å². The molecule has 19 heavy (non-hydrogen) atoms. The molecule has 0 unspecified atom stereocenters. The molecule has 1 heterocycles. The number of benzene rings is 1. The molecule has 5 heteroatoms. The maximum absolute atomic E-state index is 11.9. The van der Waals surface area contributed by atoms with Crippen LogP contribution in [0.4, 0.5) is 5.82 Å². The Morgan fingerprint density at radius 3 is 2.68 bits per heavy atom. The second-order valence-corrected chi connectivity index (χ2v) is 4.36. The number of anilines is 1. The summed E-state index contributed by atoms with van der Waals surface area (Å²) >= 11 is 6.02. The van der Waals surface area contributed by atoms with Gasteiger partial charge in [-0.15, -0.1) is 0 Å². The van der Waals surface area contributed by atoms with Crippen LogP contribution in [-0.4, -0.2) is 17.9 Å². The summed E-state index contributed by atoms with van der Waals surface area (Å²) in [6.07, 6.45) is 1.54. The zero-order valence-electron chi connectivity index (χ0n) is 10.5. The number of aromatic nitrogens is 1. The zero-order valence-corrected chi connectivity index (χ0v) is 11.2. The third kappa shape index (κ3) is 3.45. The molecule has 98 valence electrons. The third-order valence-corrected chi connectivity index (χ3v) is 3.05. The molecule has 0 aliphatic heterocycles. The first-order chi connectivity index (χ1) is 9.20. The van der Waals surface area contributed by atoms with Gasteiger partial charge in [-0.2, -0.15) is 0 Å². The van der Waals surface area contributed by atoms with Crippen molar-refractivity contribution in [3.8, 4) is 0 Å². The van der Waals surface area contributed by atoms with Crippen molar-refractivity contribution in [2.75, 3.05) is 12.4 Å². The Morgan fingerprint density at radius 1 is 1.26 bits per heavy atom. The van der Waals surface area contributed by atoms with Gasteiger partial charge in [0.2, 0.25) is 0 Å². The van der Waals surface area contributed by atoms with Crippen LogP contribution in [0.2, 0.25) is 5.02 Å². The lowest BCUT2D eigenvalue weighted by Gasteiger charge is -2.07. The minimum atomic E-state index is -0.171. The molecule has 1 aromatic heterocycles. The van der Waals surface area contributed by atoms with Crippen LogP contribution >= 0.6 is 11.6 Å². The molecular formula is C14H14ClN3O. The van der Waals surface area contributed by atoms with E-state index in [0.29, 0.717) is 17.1 Å². The first-order valence-electron chi connectivity index (χ1n) is 5.86. The highest BCUT2D eigenvalue weighted by Gasteiger charge is 2.06. The average molecular weight is 276 g/mol. The summed E-state index contributed by atoms with van der Waals surface area (Å²) in [5.74, 6) is 0.553. The predicted molar refractivity (Wildman–Crippen MR) is 76.4 cm³/mol. The fourth-order valence-electron chi connectivity index (χ4n) is 1.60. The molecule has 0 fully saturated rings. The molecule has 4 nitrogen and oxygen atoms in total. The molecule has 0 spiro atoms. The third-order valence-electron chi connectivity index (χ3n) is 2.68. The van der Waals surface area contributed by atoms with Crippen molar-refractivity contribution in [3.63, 3.8) is 0 Å². The van der Waals surface area contributed by atoms with Crippen LogP contribution in [-0.2, 0) is 6.54 Å². The number of pyridine rings is 1. The van der Waals surface area contributed by atoms with Crippen molar-refractivity contribution in [2.45, 2.75) is 6.54 Å². The van der Waals surface area contributed by atoms with Crippen LogP contribution in [0.5, 0.6) is 0 Å². The van der Waals surface area contributed by atoms with Gasteiger partial charge in [-0.25, -0.2) is 4.98 Å². The Bertz CT molecular complexity index is 569. The van der Waals surface area contributed by atoms with Gasteiger partial charge in [-0.3, -0.25) is 4.79 Å². The van der Waals surface area contributed by atoms with E-state index in [1.165, 1.54) is 6.20 Å². The van der Waals surface area contributed by atoms with Gasteiger partial charge in [0.1, 0.15) is 5.82 Å². The van der Waals surface area contributed by atoms with E-state index in [2.05, 4.69) is 15.6 Å². The Morgan fingerprint density at radius 2 is 2.05 bits per heavy atom. The normalized spacial score (nSPS) is 10.0. The maximum atomic E-state index is 11.9. The number of hydrogen-bond donors (Lipinski definition) is 2. The largest absolute Gasteiger partial charge is 0.373 e. The summed E-state index contributed by atoms with van der Waals surface area (Å²) in [5, 5.41) is 6.35. The first kappa shape index (κ1) is 13.4. The van der Waals surface area contributed by atoms with Gasteiger partial charge < -0.3 is 10.6 Å². The fraction of sp³-hybridized carbons (Fsp3) is 0.143. The highest BCUT2D eigenvalue weighted by atomic mass is 35.5. The van der Waals surface area contributed by atoms with E-state index in [9.17, 15) is 4.79 Å². The lowest BCUT2D eigenvalue weighted by atomic mass is 10.2. The van der Waals surface area contributed by atoms with Crippen molar-refractivity contribution >= 4 is 23.3 Å². The monoisotopic (exact) mass is 275 g/mol. The summed E-state index contributed by atoms with van der Waals surface area (Å²) in [4.78, 5) is 16.0. The van der Waals surface area contributed by atoms with Crippen LogP contribution in [0.3, 0.4) is 0 Å². The summed E-state index contributed by atoms with van der Waals surface area (Å²) in [7, 11) is 1.78. The molecule has 2 aromatic rings. The van der Waals surface area contributed by atoms with Gasteiger partial charge in [-0.1, -0.05) is 29.8 Å². The van der Waals surface area contributed by atoms with Gasteiger partial charge in [0.05, 0.1) is 5.56 Å². The Kier molecular flexibility index (Phi) is 4.36. The number of carbonyl (C=O) groups is 1. The highest BCUT2D eigenvalue weighted by molar-refractivity contribution is 6.31.